The predicted molar refractivity (Wildman–Crippen MR) is 60.3 cm³/mol. The molecule has 0 aliphatic rings. The van der Waals surface area contributed by atoms with Crippen molar-refractivity contribution >= 4 is 21.8 Å². The Morgan fingerprint density at radius 2 is 1.94 bits per heavy atom. The molecule has 94 valence electrons. The van der Waals surface area contributed by atoms with Crippen molar-refractivity contribution in [3.05, 3.63) is 33.8 Å². The maximum atomic E-state index is 12.6. The second-order valence-electron chi connectivity index (χ2n) is 3.53. The van der Waals surface area contributed by atoms with Crippen LogP contribution in [0.15, 0.2) is 22.7 Å². The van der Waals surface area contributed by atoms with Gasteiger partial charge < -0.3 is 0 Å². The first-order valence-corrected chi connectivity index (χ1v) is 5.36. The summed E-state index contributed by atoms with van der Waals surface area (Å²) >= 11 is 2.80. The number of alkyl halides is 3. The van der Waals surface area contributed by atoms with Gasteiger partial charge in [-0.05, 0) is 18.2 Å². The van der Waals surface area contributed by atoms with Gasteiger partial charge in [0.05, 0.1) is 5.56 Å². The molecule has 0 aliphatic heterocycles. The summed E-state index contributed by atoms with van der Waals surface area (Å²) in [4.78, 5) is 11.5. The number of amides is 1. The van der Waals surface area contributed by atoms with Crippen molar-refractivity contribution in [2.24, 2.45) is 0 Å². The Balaban J connectivity index is 3.09. The van der Waals surface area contributed by atoms with Crippen LogP contribution >= 0.6 is 15.9 Å². The monoisotopic (exact) mass is 310 g/mol. The molecule has 3 nitrogen and oxygen atoms in total. The van der Waals surface area contributed by atoms with Gasteiger partial charge in [-0.2, -0.15) is 13.2 Å². The van der Waals surface area contributed by atoms with Gasteiger partial charge in [-0.1, -0.05) is 15.9 Å². The van der Waals surface area contributed by atoms with Gasteiger partial charge in [0, 0.05) is 24.1 Å². The summed E-state index contributed by atoms with van der Waals surface area (Å²) in [5.74, 6) is -0.590. The fourth-order valence-electron chi connectivity index (χ4n) is 1.15. The van der Waals surface area contributed by atoms with E-state index in [2.05, 4.69) is 21.4 Å². The SMILES string of the molecule is CN(C)NC(=O)c1ccc(Br)c(C(F)(F)F)c1. The summed E-state index contributed by atoms with van der Waals surface area (Å²) in [5, 5.41) is 1.36. The average molecular weight is 311 g/mol. The summed E-state index contributed by atoms with van der Waals surface area (Å²) in [7, 11) is 3.14. The first-order valence-electron chi connectivity index (χ1n) is 4.57. The smallest absolute Gasteiger partial charge is 0.285 e. The zero-order chi connectivity index (χ0) is 13.2. The molecule has 1 aromatic carbocycles. The Labute approximate surface area is 105 Å². The number of hydrogen-bond acceptors (Lipinski definition) is 2. The van der Waals surface area contributed by atoms with Crippen molar-refractivity contribution in [1.29, 1.82) is 0 Å². The molecule has 0 saturated heterocycles. The molecule has 1 rings (SSSR count). The molecule has 17 heavy (non-hydrogen) atoms. The fourth-order valence-corrected chi connectivity index (χ4v) is 1.62. The van der Waals surface area contributed by atoms with Crippen molar-refractivity contribution in [3.8, 4) is 0 Å². The van der Waals surface area contributed by atoms with Crippen LogP contribution in [0, 0.1) is 0 Å². The van der Waals surface area contributed by atoms with Gasteiger partial charge in [0.2, 0.25) is 0 Å². The quantitative estimate of drug-likeness (QED) is 0.852. The van der Waals surface area contributed by atoms with E-state index in [1.807, 2.05) is 0 Å². The van der Waals surface area contributed by atoms with Gasteiger partial charge in [-0.25, -0.2) is 5.01 Å². The minimum absolute atomic E-state index is 0.0470. The number of hydrogen-bond donors (Lipinski definition) is 1. The first kappa shape index (κ1) is 14.0. The highest BCUT2D eigenvalue weighted by molar-refractivity contribution is 9.10. The zero-order valence-electron chi connectivity index (χ0n) is 9.10. The van der Waals surface area contributed by atoms with E-state index in [1.165, 1.54) is 17.1 Å². The molecular formula is C10H10BrF3N2O. The van der Waals surface area contributed by atoms with E-state index in [-0.39, 0.29) is 10.0 Å². The number of benzene rings is 1. The summed E-state index contributed by atoms with van der Waals surface area (Å²) in [6.07, 6.45) is -4.49. The third-order valence-corrected chi connectivity index (χ3v) is 2.55. The van der Waals surface area contributed by atoms with Crippen LogP contribution in [-0.2, 0) is 6.18 Å². The van der Waals surface area contributed by atoms with Crippen molar-refractivity contribution < 1.29 is 18.0 Å². The number of carbonyl (C=O) groups excluding carboxylic acids is 1. The van der Waals surface area contributed by atoms with Gasteiger partial charge in [0.25, 0.3) is 5.91 Å². The normalized spacial score (nSPS) is 11.7. The molecule has 0 saturated carbocycles. The molecule has 0 unspecified atom stereocenters. The van der Waals surface area contributed by atoms with Gasteiger partial charge in [0.1, 0.15) is 0 Å². The van der Waals surface area contributed by atoms with Crippen LogP contribution in [0.5, 0.6) is 0 Å². The largest absolute Gasteiger partial charge is 0.417 e. The van der Waals surface area contributed by atoms with Crippen molar-refractivity contribution in [2.75, 3.05) is 14.1 Å². The first-order chi connectivity index (χ1) is 7.71. The van der Waals surface area contributed by atoms with Crippen LogP contribution in [0.4, 0.5) is 13.2 Å². The zero-order valence-corrected chi connectivity index (χ0v) is 10.7. The van der Waals surface area contributed by atoms with E-state index >= 15 is 0 Å². The van der Waals surface area contributed by atoms with E-state index in [9.17, 15) is 18.0 Å². The Bertz CT molecular complexity index is 432. The lowest BCUT2D eigenvalue weighted by atomic mass is 10.1. The highest BCUT2D eigenvalue weighted by Gasteiger charge is 2.33. The summed E-state index contributed by atoms with van der Waals surface area (Å²) in [6.45, 7) is 0. The Hall–Kier alpha value is -1.08. The molecular weight excluding hydrogens is 301 g/mol. The third-order valence-electron chi connectivity index (χ3n) is 1.86. The Kier molecular flexibility index (Phi) is 4.16. The minimum Gasteiger partial charge on any atom is -0.285 e. The molecule has 0 fully saturated rings. The van der Waals surface area contributed by atoms with Gasteiger partial charge in [-0.15, -0.1) is 0 Å². The molecule has 0 aromatic heterocycles. The number of nitrogens with one attached hydrogen (secondary N) is 1. The number of hydrazine groups is 1. The number of rotatable bonds is 2. The molecule has 1 aromatic rings. The molecule has 1 N–H and O–H groups in total. The second-order valence-corrected chi connectivity index (χ2v) is 4.38. The highest BCUT2D eigenvalue weighted by atomic mass is 79.9. The van der Waals surface area contributed by atoms with Crippen molar-refractivity contribution in [3.63, 3.8) is 0 Å². The summed E-state index contributed by atoms with van der Waals surface area (Å²) in [5.41, 5.74) is 1.45. The molecule has 1 amide bonds. The number of carbonyl (C=O) groups is 1. The summed E-state index contributed by atoms with van der Waals surface area (Å²) in [6, 6.07) is 3.33. The maximum absolute atomic E-state index is 12.6. The number of nitrogens with zero attached hydrogens (tertiary/aromatic N) is 1. The van der Waals surface area contributed by atoms with E-state index < -0.39 is 17.6 Å². The standard InChI is InChI=1S/C10H10BrF3N2O/c1-16(2)15-9(17)6-3-4-8(11)7(5-6)10(12,13)14/h3-5H,1-2H3,(H,15,17). The van der Waals surface area contributed by atoms with E-state index in [0.29, 0.717) is 0 Å². The lowest BCUT2D eigenvalue weighted by molar-refractivity contribution is -0.138. The molecule has 0 radical (unpaired) electrons. The van der Waals surface area contributed by atoms with E-state index in [4.69, 9.17) is 0 Å². The molecule has 0 heterocycles. The van der Waals surface area contributed by atoms with E-state index in [0.717, 1.165) is 6.07 Å². The minimum atomic E-state index is -4.49. The highest BCUT2D eigenvalue weighted by Crippen LogP contribution is 2.35. The fraction of sp³-hybridized carbons (Fsp3) is 0.300. The van der Waals surface area contributed by atoms with Crippen LogP contribution in [0.1, 0.15) is 15.9 Å². The maximum Gasteiger partial charge on any atom is 0.417 e. The Morgan fingerprint density at radius 1 is 1.35 bits per heavy atom. The average Bonchev–Trinajstić information content (AvgIpc) is 2.15. The van der Waals surface area contributed by atoms with Gasteiger partial charge in [0.15, 0.2) is 0 Å². The Morgan fingerprint density at radius 3 is 2.41 bits per heavy atom. The lowest BCUT2D eigenvalue weighted by Crippen LogP contribution is -2.36. The van der Waals surface area contributed by atoms with Crippen LogP contribution in [0.2, 0.25) is 0 Å². The van der Waals surface area contributed by atoms with Crippen LogP contribution in [0.3, 0.4) is 0 Å². The van der Waals surface area contributed by atoms with Crippen LogP contribution in [-0.4, -0.2) is 25.0 Å². The van der Waals surface area contributed by atoms with E-state index in [1.54, 1.807) is 14.1 Å². The van der Waals surface area contributed by atoms with Gasteiger partial charge in [-0.3, -0.25) is 10.2 Å². The summed E-state index contributed by atoms with van der Waals surface area (Å²) < 4.78 is 37.7. The molecule has 0 spiro atoms. The number of halogens is 4. The second kappa shape index (κ2) is 5.05. The molecule has 0 aliphatic carbocycles. The molecule has 0 bridgehead atoms. The lowest BCUT2D eigenvalue weighted by Gasteiger charge is -2.14. The van der Waals surface area contributed by atoms with Gasteiger partial charge >= 0.3 is 6.18 Å². The topological polar surface area (TPSA) is 32.3 Å². The van der Waals surface area contributed by atoms with Crippen molar-refractivity contribution in [2.45, 2.75) is 6.18 Å². The van der Waals surface area contributed by atoms with Crippen molar-refractivity contribution in [1.82, 2.24) is 10.4 Å². The predicted octanol–water partition coefficient (Wildman–Crippen LogP) is 2.67. The molecule has 7 heteroatoms. The van der Waals surface area contributed by atoms with Crippen LogP contribution < -0.4 is 5.43 Å². The third kappa shape index (κ3) is 3.71. The van der Waals surface area contributed by atoms with Crippen LogP contribution in [0.25, 0.3) is 0 Å². The molecule has 0 atom stereocenters.